The van der Waals surface area contributed by atoms with Crippen molar-refractivity contribution in [2.24, 2.45) is 0 Å². The zero-order valence-corrected chi connectivity index (χ0v) is 11.5. The Labute approximate surface area is 118 Å². The number of aliphatic carboxylic acids is 1. The number of carbonyl (C=O) groups is 2. The van der Waals surface area contributed by atoms with Crippen molar-refractivity contribution in [2.45, 2.75) is 32.2 Å². The number of carboxylic acids is 1. The fourth-order valence-electron chi connectivity index (χ4n) is 2.48. The molecule has 5 nitrogen and oxygen atoms in total. The van der Waals surface area contributed by atoms with Gasteiger partial charge in [-0.3, -0.25) is 4.79 Å². The minimum absolute atomic E-state index is 0.110. The Morgan fingerprint density at radius 1 is 1.40 bits per heavy atom. The summed E-state index contributed by atoms with van der Waals surface area (Å²) in [5.74, 6) is -0.514. The van der Waals surface area contributed by atoms with Crippen LogP contribution in [0.1, 0.15) is 25.3 Å². The van der Waals surface area contributed by atoms with Crippen LogP contribution >= 0.6 is 0 Å². The number of carboxylic acid groups (broad SMARTS) is 1. The molecule has 1 heterocycles. The topological polar surface area (TPSA) is 66.8 Å². The second-order valence-electron chi connectivity index (χ2n) is 4.83. The lowest BCUT2D eigenvalue weighted by Gasteiger charge is -2.21. The fraction of sp³-hybridized carbons (Fsp3) is 0.467. The number of likely N-dealkylation sites (tertiary alicyclic amines) is 1. The number of para-hydroxylation sites is 1. The summed E-state index contributed by atoms with van der Waals surface area (Å²) in [6.45, 7) is 2.40. The summed E-state index contributed by atoms with van der Waals surface area (Å²) in [6.07, 6.45) is 2.08. The van der Waals surface area contributed by atoms with Gasteiger partial charge in [0.05, 0.1) is 0 Å². The van der Waals surface area contributed by atoms with Crippen LogP contribution in [0.25, 0.3) is 0 Å². The number of ether oxygens (including phenoxy) is 1. The molecular formula is C15H19NO4. The molecule has 0 radical (unpaired) electrons. The Morgan fingerprint density at radius 2 is 2.15 bits per heavy atom. The monoisotopic (exact) mass is 277 g/mol. The molecule has 0 aliphatic carbocycles. The van der Waals surface area contributed by atoms with Crippen LogP contribution in [-0.4, -0.2) is 41.1 Å². The number of benzene rings is 1. The molecule has 1 aromatic rings. The molecule has 1 atom stereocenters. The van der Waals surface area contributed by atoms with Gasteiger partial charge in [0.15, 0.2) is 6.61 Å². The van der Waals surface area contributed by atoms with Gasteiger partial charge in [0.25, 0.3) is 5.91 Å². The van der Waals surface area contributed by atoms with Crippen molar-refractivity contribution < 1.29 is 19.4 Å². The van der Waals surface area contributed by atoms with Crippen LogP contribution in [0.2, 0.25) is 0 Å². The van der Waals surface area contributed by atoms with E-state index in [2.05, 4.69) is 0 Å². The molecule has 1 aromatic carbocycles. The van der Waals surface area contributed by atoms with Crippen molar-refractivity contribution in [3.8, 4) is 5.75 Å². The van der Waals surface area contributed by atoms with Gasteiger partial charge < -0.3 is 14.7 Å². The van der Waals surface area contributed by atoms with Gasteiger partial charge in [0.1, 0.15) is 11.8 Å². The van der Waals surface area contributed by atoms with Crippen molar-refractivity contribution >= 4 is 11.9 Å². The van der Waals surface area contributed by atoms with E-state index in [1.165, 1.54) is 4.90 Å². The molecule has 0 saturated carbocycles. The van der Waals surface area contributed by atoms with E-state index in [1.54, 1.807) is 0 Å². The van der Waals surface area contributed by atoms with Gasteiger partial charge in [-0.15, -0.1) is 0 Å². The highest BCUT2D eigenvalue weighted by Gasteiger charge is 2.33. The Kier molecular flexibility index (Phi) is 4.61. The smallest absolute Gasteiger partial charge is 0.326 e. The number of aryl methyl sites for hydroxylation is 1. The van der Waals surface area contributed by atoms with E-state index < -0.39 is 12.0 Å². The molecule has 0 aromatic heterocycles. The van der Waals surface area contributed by atoms with Crippen LogP contribution in [0, 0.1) is 0 Å². The largest absolute Gasteiger partial charge is 0.483 e. The quantitative estimate of drug-likeness (QED) is 0.889. The van der Waals surface area contributed by atoms with E-state index in [4.69, 9.17) is 9.84 Å². The lowest BCUT2D eigenvalue weighted by atomic mass is 10.1. The molecule has 5 heteroatoms. The third-order valence-electron chi connectivity index (χ3n) is 3.56. The molecule has 20 heavy (non-hydrogen) atoms. The highest BCUT2D eigenvalue weighted by molar-refractivity contribution is 5.85. The van der Waals surface area contributed by atoms with Crippen LogP contribution < -0.4 is 4.74 Å². The maximum atomic E-state index is 12.1. The minimum Gasteiger partial charge on any atom is -0.483 e. The van der Waals surface area contributed by atoms with Crippen molar-refractivity contribution in [1.82, 2.24) is 4.90 Å². The maximum Gasteiger partial charge on any atom is 0.326 e. The minimum atomic E-state index is -0.940. The molecule has 1 unspecified atom stereocenters. The molecule has 1 aliphatic heterocycles. The van der Waals surface area contributed by atoms with Gasteiger partial charge in [0, 0.05) is 6.54 Å². The van der Waals surface area contributed by atoms with Gasteiger partial charge in [0.2, 0.25) is 0 Å². The molecule has 1 fully saturated rings. The lowest BCUT2D eigenvalue weighted by molar-refractivity contribution is -0.148. The average molecular weight is 277 g/mol. The second-order valence-corrected chi connectivity index (χ2v) is 4.83. The molecule has 1 amide bonds. The third kappa shape index (κ3) is 3.10. The van der Waals surface area contributed by atoms with E-state index >= 15 is 0 Å². The van der Waals surface area contributed by atoms with Crippen molar-refractivity contribution in [3.05, 3.63) is 29.8 Å². The first-order valence-corrected chi connectivity index (χ1v) is 6.86. The molecule has 1 N–H and O–H groups in total. The molecular weight excluding hydrogens is 258 g/mol. The van der Waals surface area contributed by atoms with Gasteiger partial charge in [-0.05, 0) is 30.9 Å². The van der Waals surface area contributed by atoms with Crippen LogP contribution in [0.15, 0.2) is 24.3 Å². The first-order chi connectivity index (χ1) is 9.63. The summed E-state index contributed by atoms with van der Waals surface area (Å²) in [5.41, 5.74) is 1.04. The predicted molar refractivity (Wildman–Crippen MR) is 73.7 cm³/mol. The summed E-state index contributed by atoms with van der Waals surface area (Å²) < 4.78 is 5.55. The Bertz CT molecular complexity index is 500. The van der Waals surface area contributed by atoms with Crippen LogP contribution in [0.3, 0.4) is 0 Å². The van der Waals surface area contributed by atoms with E-state index in [0.29, 0.717) is 18.7 Å². The van der Waals surface area contributed by atoms with E-state index in [-0.39, 0.29) is 12.5 Å². The average Bonchev–Trinajstić information content (AvgIpc) is 2.94. The van der Waals surface area contributed by atoms with Gasteiger partial charge in [-0.25, -0.2) is 4.79 Å². The summed E-state index contributed by atoms with van der Waals surface area (Å²) in [7, 11) is 0. The van der Waals surface area contributed by atoms with Crippen molar-refractivity contribution in [2.75, 3.05) is 13.2 Å². The first kappa shape index (κ1) is 14.4. The summed E-state index contributed by atoms with van der Waals surface area (Å²) >= 11 is 0. The van der Waals surface area contributed by atoms with E-state index in [1.807, 2.05) is 31.2 Å². The second kappa shape index (κ2) is 6.41. The lowest BCUT2D eigenvalue weighted by Crippen LogP contribution is -2.42. The number of nitrogens with zero attached hydrogens (tertiary/aromatic N) is 1. The van der Waals surface area contributed by atoms with Gasteiger partial charge in [-0.2, -0.15) is 0 Å². The highest BCUT2D eigenvalue weighted by Crippen LogP contribution is 2.20. The predicted octanol–water partition coefficient (Wildman–Crippen LogP) is 1.70. The Balaban J connectivity index is 1.97. The van der Waals surface area contributed by atoms with Crippen molar-refractivity contribution in [3.63, 3.8) is 0 Å². The standard InChI is InChI=1S/C15H19NO4/c1-2-11-6-3-4-8-13(11)20-10-14(17)16-9-5-7-12(16)15(18)19/h3-4,6,8,12H,2,5,7,9-10H2,1H3,(H,18,19). The first-order valence-electron chi connectivity index (χ1n) is 6.86. The van der Waals surface area contributed by atoms with E-state index in [9.17, 15) is 9.59 Å². The molecule has 2 rings (SSSR count). The fourth-order valence-corrected chi connectivity index (χ4v) is 2.48. The number of amides is 1. The molecule has 108 valence electrons. The van der Waals surface area contributed by atoms with Crippen molar-refractivity contribution in [1.29, 1.82) is 0 Å². The van der Waals surface area contributed by atoms with Gasteiger partial charge in [-0.1, -0.05) is 25.1 Å². The zero-order valence-electron chi connectivity index (χ0n) is 11.5. The third-order valence-corrected chi connectivity index (χ3v) is 3.56. The van der Waals surface area contributed by atoms with Crippen LogP contribution in [0.5, 0.6) is 5.75 Å². The van der Waals surface area contributed by atoms with Gasteiger partial charge >= 0.3 is 5.97 Å². The van der Waals surface area contributed by atoms with Crippen LogP contribution in [-0.2, 0) is 16.0 Å². The highest BCUT2D eigenvalue weighted by atomic mass is 16.5. The maximum absolute atomic E-state index is 12.1. The molecule has 1 aliphatic rings. The Morgan fingerprint density at radius 3 is 2.85 bits per heavy atom. The molecule has 0 bridgehead atoms. The number of rotatable bonds is 5. The molecule has 0 spiro atoms. The SMILES string of the molecule is CCc1ccccc1OCC(=O)N1CCCC1C(=O)O. The normalized spacial score (nSPS) is 18.1. The summed E-state index contributed by atoms with van der Waals surface area (Å²) in [4.78, 5) is 24.5. The van der Waals surface area contributed by atoms with Crippen LogP contribution in [0.4, 0.5) is 0 Å². The zero-order chi connectivity index (χ0) is 14.5. The Hall–Kier alpha value is -2.04. The summed E-state index contributed by atoms with van der Waals surface area (Å²) in [6, 6.07) is 6.86. The van der Waals surface area contributed by atoms with E-state index in [0.717, 1.165) is 18.4 Å². The molecule has 1 saturated heterocycles. The number of hydrogen-bond acceptors (Lipinski definition) is 3. The number of carbonyl (C=O) groups excluding carboxylic acids is 1. The number of hydrogen-bond donors (Lipinski definition) is 1. The summed E-state index contributed by atoms with van der Waals surface area (Å²) in [5, 5.41) is 9.07.